The molecular weight excluding hydrogens is 259 g/mol. The number of hydrogen-bond acceptors (Lipinski definition) is 3. The zero-order valence-corrected chi connectivity index (χ0v) is 10.7. The molecule has 0 radical (unpaired) electrons. The summed E-state index contributed by atoms with van der Waals surface area (Å²) in [5, 5.41) is 0. The molecule has 1 heterocycles. The van der Waals surface area contributed by atoms with Crippen molar-refractivity contribution < 1.29 is 18.7 Å². The first-order valence-corrected chi connectivity index (χ1v) is 6.05. The second-order valence-electron chi connectivity index (χ2n) is 4.35. The zero-order chi connectivity index (χ0) is 14.1. The van der Waals surface area contributed by atoms with E-state index >= 15 is 0 Å². The van der Waals surface area contributed by atoms with E-state index in [1.807, 2.05) is 0 Å². The minimum absolute atomic E-state index is 0.188. The monoisotopic (exact) mass is 270 g/mol. The van der Waals surface area contributed by atoms with Gasteiger partial charge in [0.05, 0.1) is 12.7 Å². The largest absolute Gasteiger partial charge is 0.497 e. The van der Waals surface area contributed by atoms with Crippen LogP contribution in [0.25, 0.3) is 6.08 Å². The van der Waals surface area contributed by atoms with Gasteiger partial charge in [0.2, 0.25) is 5.78 Å². The summed E-state index contributed by atoms with van der Waals surface area (Å²) in [6, 6.07) is 10.9. The van der Waals surface area contributed by atoms with E-state index in [1.165, 1.54) is 12.1 Å². The molecule has 2 aromatic carbocycles. The summed E-state index contributed by atoms with van der Waals surface area (Å²) in [4.78, 5) is 12.2. The first kappa shape index (κ1) is 12.4. The minimum atomic E-state index is -0.321. The van der Waals surface area contributed by atoms with Crippen molar-refractivity contribution in [1.82, 2.24) is 0 Å². The highest BCUT2D eigenvalue weighted by molar-refractivity contribution is 6.14. The van der Waals surface area contributed by atoms with Crippen LogP contribution in [0.1, 0.15) is 15.9 Å². The Morgan fingerprint density at radius 3 is 2.60 bits per heavy atom. The Bertz CT molecular complexity index is 702. The van der Waals surface area contributed by atoms with E-state index in [2.05, 4.69) is 0 Å². The van der Waals surface area contributed by atoms with Gasteiger partial charge in [-0.05, 0) is 35.9 Å². The summed E-state index contributed by atoms with van der Waals surface area (Å²) in [6.07, 6.45) is 1.59. The zero-order valence-electron chi connectivity index (χ0n) is 10.7. The van der Waals surface area contributed by atoms with E-state index in [9.17, 15) is 9.18 Å². The van der Waals surface area contributed by atoms with Crippen molar-refractivity contribution >= 4 is 11.9 Å². The summed E-state index contributed by atoms with van der Waals surface area (Å²) >= 11 is 0. The fourth-order valence-corrected chi connectivity index (χ4v) is 2.00. The van der Waals surface area contributed by atoms with Crippen LogP contribution in [0.3, 0.4) is 0 Å². The van der Waals surface area contributed by atoms with Crippen molar-refractivity contribution in [2.45, 2.75) is 0 Å². The van der Waals surface area contributed by atoms with Crippen LogP contribution in [0.5, 0.6) is 11.5 Å². The lowest BCUT2D eigenvalue weighted by Crippen LogP contribution is -1.97. The molecule has 0 aliphatic carbocycles. The van der Waals surface area contributed by atoms with Gasteiger partial charge in [0.15, 0.2) is 5.76 Å². The van der Waals surface area contributed by atoms with Crippen molar-refractivity contribution in [3.8, 4) is 11.5 Å². The number of ether oxygens (including phenoxy) is 2. The van der Waals surface area contributed by atoms with Crippen molar-refractivity contribution in [2.24, 2.45) is 0 Å². The maximum atomic E-state index is 12.8. The number of allylic oxidation sites excluding steroid dienone is 1. The SMILES string of the molecule is COc1ccc2c(c1)O/C(=C\c1ccc(F)cc1)C2=O. The second-order valence-corrected chi connectivity index (χ2v) is 4.35. The van der Waals surface area contributed by atoms with E-state index < -0.39 is 0 Å². The Balaban J connectivity index is 1.94. The molecule has 0 unspecified atom stereocenters. The lowest BCUT2D eigenvalue weighted by atomic mass is 10.1. The number of ketones is 1. The summed E-state index contributed by atoms with van der Waals surface area (Å²) in [6.45, 7) is 0. The predicted molar refractivity (Wildman–Crippen MR) is 72.3 cm³/mol. The van der Waals surface area contributed by atoms with Crippen LogP contribution >= 0.6 is 0 Å². The Morgan fingerprint density at radius 2 is 1.90 bits per heavy atom. The number of rotatable bonds is 2. The molecule has 0 spiro atoms. The quantitative estimate of drug-likeness (QED) is 0.784. The fourth-order valence-electron chi connectivity index (χ4n) is 2.00. The average molecular weight is 270 g/mol. The molecule has 0 atom stereocenters. The summed E-state index contributed by atoms with van der Waals surface area (Å²) < 4.78 is 23.5. The number of halogens is 1. The molecule has 2 aromatic rings. The van der Waals surface area contributed by atoms with Gasteiger partial charge in [-0.2, -0.15) is 0 Å². The number of fused-ring (bicyclic) bond motifs is 1. The Morgan fingerprint density at radius 1 is 1.15 bits per heavy atom. The standard InChI is InChI=1S/C16H11FO3/c1-19-12-6-7-13-14(9-12)20-15(16(13)18)8-10-2-4-11(17)5-3-10/h2-9H,1H3/b15-8-. The van der Waals surface area contributed by atoms with Gasteiger partial charge in [-0.3, -0.25) is 4.79 Å². The van der Waals surface area contributed by atoms with Crippen molar-refractivity contribution in [2.75, 3.05) is 7.11 Å². The van der Waals surface area contributed by atoms with Gasteiger partial charge in [0.1, 0.15) is 17.3 Å². The highest BCUT2D eigenvalue weighted by atomic mass is 19.1. The third-order valence-corrected chi connectivity index (χ3v) is 3.04. The average Bonchev–Trinajstić information content (AvgIpc) is 2.77. The molecule has 100 valence electrons. The van der Waals surface area contributed by atoms with Crippen LogP contribution in [0, 0.1) is 5.82 Å². The molecule has 0 saturated carbocycles. The topological polar surface area (TPSA) is 35.5 Å². The van der Waals surface area contributed by atoms with Crippen molar-refractivity contribution in [1.29, 1.82) is 0 Å². The third-order valence-electron chi connectivity index (χ3n) is 3.04. The van der Waals surface area contributed by atoms with Crippen LogP contribution < -0.4 is 9.47 Å². The van der Waals surface area contributed by atoms with Gasteiger partial charge in [0.25, 0.3) is 0 Å². The Labute approximate surface area is 115 Å². The van der Waals surface area contributed by atoms with Gasteiger partial charge in [0, 0.05) is 6.07 Å². The first-order chi connectivity index (χ1) is 9.67. The molecule has 4 heteroatoms. The van der Waals surface area contributed by atoms with Crippen LogP contribution in [0.4, 0.5) is 4.39 Å². The summed E-state index contributed by atoms with van der Waals surface area (Å²) in [7, 11) is 1.55. The van der Waals surface area contributed by atoms with Gasteiger partial charge < -0.3 is 9.47 Å². The van der Waals surface area contributed by atoms with E-state index in [4.69, 9.17) is 9.47 Å². The smallest absolute Gasteiger partial charge is 0.231 e. The number of benzene rings is 2. The molecule has 0 saturated heterocycles. The Kier molecular flexibility index (Phi) is 2.99. The molecule has 0 aromatic heterocycles. The third kappa shape index (κ3) is 2.16. The van der Waals surface area contributed by atoms with E-state index in [0.29, 0.717) is 22.6 Å². The molecular formula is C16H11FO3. The van der Waals surface area contributed by atoms with E-state index in [0.717, 1.165) is 0 Å². The maximum absolute atomic E-state index is 12.8. The number of hydrogen-bond donors (Lipinski definition) is 0. The molecule has 3 rings (SSSR count). The number of carbonyl (C=O) groups is 1. The van der Waals surface area contributed by atoms with E-state index in [-0.39, 0.29) is 17.4 Å². The molecule has 0 fully saturated rings. The molecule has 0 amide bonds. The number of Topliss-reactive ketones (excluding diaryl/α,β-unsaturated/α-hetero) is 1. The van der Waals surface area contributed by atoms with Crippen LogP contribution in [0.2, 0.25) is 0 Å². The van der Waals surface area contributed by atoms with Crippen molar-refractivity contribution in [3.05, 3.63) is 65.2 Å². The fraction of sp³-hybridized carbons (Fsp3) is 0.0625. The minimum Gasteiger partial charge on any atom is -0.497 e. The molecule has 3 nitrogen and oxygen atoms in total. The molecule has 1 aliphatic heterocycles. The highest BCUT2D eigenvalue weighted by Crippen LogP contribution is 2.34. The normalized spacial score (nSPS) is 15.1. The lowest BCUT2D eigenvalue weighted by molar-refractivity contribution is 0.101. The molecule has 1 aliphatic rings. The van der Waals surface area contributed by atoms with Crippen LogP contribution in [0.15, 0.2) is 48.2 Å². The van der Waals surface area contributed by atoms with Crippen LogP contribution in [-0.2, 0) is 0 Å². The maximum Gasteiger partial charge on any atom is 0.231 e. The van der Waals surface area contributed by atoms with Crippen LogP contribution in [-0.4, -0.2) is 12.9 Å². The lowest BCUT2D eigenvalue weighted by Gasteiger charge is -2.01. The molecule has 0 N–H and O–H groups in total. The number of carbonyl (C=O) groups excluding carboxylic acids is 1. The number of methoxy groups -OCH3 is 1. The van der Waals surface area contributed by atoms with Gasteiger partial charge >= 0.3 is 0 Å². The summed E-state index contributed by atoms with van der Waals surface area (Å²) in [5.74, 6) is 0.813. The van der Waals surface area contributed by atoms with Crippen molar-refractivity contribution in [3.63, 3.8) is 0 Å². The van der Waals surface area contributed by atoms with Gasteiger partial charge in [-0.15, -0.1) is 0 Å². The second kappa shape index (κ2) is 4.81. The Hall–Kier alpha value is -2.62. The first-order valence-electron chi connectivity index (χ1n) is 6.05. The molecule has 20 heavy (non-hydrogen) atoms. The summed E-state index contributed by atoms with van der Waals surface area (Å²) in [5.41, 5.74) is 1.20. The molecule has 0 bridgehead atoms. The van der Waals surface area contributed by atoms with E-state index in [1.54, 1.807) is 43.5 Å². The predicted octanol–water partition coefficient (Wildman–Crippen LogP) is 3.45. The van der Waals surface area contributed by atoms with Gasteiger partial charge in [-0.1, -0.05) is 12.1 Å². The highest BCUT2D eigenvalue weighted by Gasteiger charge is 2.27. The van der Waals surface area contributed by atoms with Gasteiger partial charge in [-0.25, -0.2) is 4.39 Å².